The van der Waals surface area contributed by atoms with Gasteiger partial charge in [-0.3, -0.25) is 0 Å². The molecule has 0 amide bonds. The van der Waals surface area contributed by atoms with E-state index in [1.54, 1.807) is 4.31 Å². The molecule has 2 fully saturated rings. The lowest BCUT2D eigenvalue weighted by Crippen LogP contribution is -2.48. The van der Waals surface area contributed by atoms with Crippen molar-refractivity contribution in [3.05, 3.63) is 0 Å². The summed E-state index contributed by atoms with van der Waals surface area (Å²) < 4.78 is 26.8. The highest BCUT2D eigenvalue weighted by Gasteiger charge is 2.33. The Kier molecular flexibility index (Phi) is 5.49. The Bertz CT molecular complexity index is 394. The molecule has 3 unspecified atom stereocenters. The summed E-state index contributed by atoms with van der Waals surface area (Å²) in [6, 6.07) is -0.187. The number of rotatable bonds is 4. The summed E-state index contributed by atoms with van der Waals surface area (Å²) in [5.74, 6) is 1.45. The zero-order chi connectivity index (χ0) is 14.8. The molecule has 1 saturated carbocycles. The van der Waals surface area contributed by atoms with Crippen molar-refractivity contribution in [2.24, 2.45) is 23.5 Å². The van der Waals surface area contributed by atoms with Gasteiger partial charge in [-0.15, -0.1) is 0 Å². The Morgan fingerprint density at radius 2 is 1.65 bits per heavy atom. The van der Waals surface area contributed by atoms with Gasteiger partial charge in [0.2, 0.25) is 10.0 Å². The second-order valence-corrected chi connectivity index (χ2v) is 9.12. The number of hydrogen-bond acceptors (Lipinski definition) is 3. The van der Waals surface area contributed by atoms with Crippen LogP contribution in [0.4, 0.5) is 0 Å². The van der Waals surface area contributed by atoms with E-state index in [2.05, 4.69) is 13.8 Å². The molecule has 0 aromatic carbocycles. The van der Waals surface area contributed by atoms with Gasteiger partial charge in [0, 0.05) is 19.1 Å². The highest BCUT2D eigenvalue weighted by Crippen LogP contribution is 2.28. The first-order chi connectivity index (χ1) is 9.38. The second-order valence-electron chi connectivity index (χ2n) is 7.10. The number of hydrogen-bond donors (Lipinski definition) is 1. The van der Waals surface area contributed by atoms with E-state index in [-0.39, 0.29) is 11.8 Å². The van der Waals surface area contributed by atoms with E-state index in [1.165, 1.54) is 19.3 Å². The van der Waals surface area contributed by atoms with Crippen molar-refractivity contribution in [2.75, 3.05) is 18.8 Å². The molecule has 1 saturated heterocycles. The molecule has 0 aromatic heterocycles. The molecule has 4 nitrogen and oxygen atoms in total. The van der Waals surface area contributed by atoms with E-state index in [9.17, 15) is 8.42 Å². The van der Waals surface area contributed by atoms with Gasteiger partial charge in [-0.05, 0) is 37.0 Å². The lowest BCUT2D eigenvalue weighted by Gasteiger charge is -2.35. The molecule has 1 heterocycles. The van der Waals surface area contributed by atoms with Gasteiger partial charge in [0.15, 0.2) is 0 Å². The molecule has 2 N–H and O–H groups in total. The van der Waals surface area contributed by atoms with E-state index in [1.807, 2.05) is 0 Å². The van der Waals surface area contributed by atoms with Crippen molar-refractivity contribution < 1.29 is 8.42 Å². The molecular formula is C15H30N2O2S. The quantitative estimate of drug-likeness (QED) is 0.866. The Morgan fingerprint density at radius 3 is 2.20 bits per heavy atom. The van der Waals surface area contributed by atoms with Gasteiger partial charge in [0.1, 0.15) is 0 Å². The van der Waals surface area contributed by atoms with Gasteiger partial charge in [-0.2, -0.15) is 0 Å². The maximum atomic E-state index is 12.6. The minimum absolute atomic E-state index is 0.136. The molecule has 5 heteroatoms. The molecule has 0 spiro atoms. The largest absolute Gasteiger partial charge is 0.326 e. The van der Waals surface area contributed by atoms with Crippen LogP contribution in [0.1, 0.15) is 52.4 Å². The van der Waals surface area contributed by atoms with Gasteiger partial charge in [0.05, 0.1) is 5.75 Å². The van der Waals surface area contributed by atoms with Crippen LogP contribution in [0.2, 0.25) is 0 Å². The minimum atomic E-state index is -3.19. The Hall–Kier alpha value is -0.130. The van der Waals surface area contributed by atoms with Crippen LogP contribution in [0.15, 0.2) is 0 Å². The highest BCUT2D eigenvalue weighted by molar-refractivity contribution is 7.89. The second kappa shape index (κ2) is 6.75. The third-order valence-electron chi connectivity index (χ3n) is 4.89. The normalized spacial score (nSPS) is 32.1. The monoisotopic (exact) mass is 302 g/mol. The molecule has 0 bridgehead atoms. The van der Waals surface area contributed by atoms with Crippen LogP contribution in [-0.2, 0) is 10.0 Å². The summed E-state index contributed by atoms with van der Waals surface area (Å²) in [5.41, 5.74) is 6.20. The molecular weight excluding hydrogens is 272 g/mol. The first kappa shape index (κ1) is 16.2. The molecule has 0 aromatic rings. The fourth-order valence-electron chi connectivity index (χ4n) is 3.88. The van der Waals surface area contributed by atoms with Crippen molar-refractivity contribution in [3.8, 4) is 0 Å². The average Bonchev–Trinajstić information content (AvgIpc) is 2.38. The maximum Gasteiger partial charge on any atom is 0.215 e. The standard InChI is InChI=1S/C15H30N2O2S/c1-12-8-13(2)10-17(9-12)20(18,19)11-15(16)14-6-4-3-5-7-14/h12-15H,3-11,16H2,1-2H3. The average molecular weight is 302 g/mol. The third kappa shape index (κ3) is 4.18. The molecule has 3 atom stereocenters. The Morgan fingerprint density at radius 1 is 1.10 bits per heavy atom. The van der Waals surface area contributed by atoms with Crippen LogP contribution in [-0.4, -0.2) is 37.6 Å². The van der Waals surface area contributed by atoms with E-state index in [0.717, 1.165) is 19.3 Å². The van der Waals surface area contributed by atoms with Gasteiger partial charge < -0.3 is 5.73 Å². The Labute approximate surface area is 124 Å². The van der Waals surface area contributed by atoms with E-state index in [0.29, 0.717) is 30.8 Å². The Balaban J connectivity index is 1.95. The topological polar surface area (TPSA) is 63.4 Å². The molecule has 0 radical (unpaired) electrons. The van der Waals surface area contributed by atoms with E-state index < -0.39 is 10.0 Å². The number of sulfonamides is 1. The lowest BCUT2D eigenvalue weighted by molar-refractivity contribution is 0.221. The molecule has 1 aliphatic heterocycles. The number of piperidine rings is 1. The van der Waals surface area contributed by atoms with Crippen LogP contribution < -0.4 is 5.73 Å². The van der Waals surface area contributed by atoms with Crippen LogP contribution >= 0.6 is 0 Å². The fourth-order valence-corrected chi connectivity index (χ4v) is 5.81. The fraction of sp³-hybridized carbons (Fsp3) is 1.00. The van der Waals surface area contributed by atoms with Crippen molar-refractivity contribution in [3.63, 3.8) is 0 Å². The van der Waals surface area contributed by atoms with Crippen LogP contribution in [0.3, 0.4) is 0 Å². The summed E-state index contributed by atoms with van der Waals surface area (Å²) in [6.07, 6.45) is 7.01. The van der Waals surface area contributed by atoms with Gasteiger partial charge in [-0.25, -0.2) is 12.7 Å². The van der Waals surface area contributed by atoms with Crippen LogP contribution in [0.25, 0.3) is 0 Å². The SMILES string of the molecule is CC1CC(C)CN(S(=O)(=O)CC(N)C2CCCCC2)C1. The van der Waals surface area contributed by atoms with Crippen molar-refractivity contribution >= 4 is 10.0 Å². The van der Waals surface area contributed by atoms with Gasteiger partial charge in [0.25, 0.3) is 0 Å². The first-order valence-electron chi connectivity index (χ1n) is 8.12. The summed E-state index contributed by atoms with van der Waals surface area (Å²) in [6.45, 7) is 5.62. The molecule has 2 aliphatic rings. The van der Waals surface area contributed by atoms with E-state index in [4.69, 9.17) is 5.73 Å². The zero-order valence-electron chi connectivity index (χ0n) is 12.9. The van der Waals surface area contributed by atoms with Gasteiger partial charge >= 0.3 is 0 Å². The lowest BCUT2D eigenvalue weighted by atomic mass is 9.85. The molecule has 1 aliphatic carbocycles. The summed E-state index contributed by atoms with van der Waals surface area (Å²) >= 11 is 0. The third-order valence-corrected chi connectivity index (χ3v) is 6.78. The zero-order valence-corrected chi connectivity index (χ0v) is 13.7. The number of nitrogens with two attached hydrogens (primary N) is 1. The first-order valence-corrected chi connectivity index (χ1v) is 9.73. The molecule has 118 valence electrons. The highest BCUT2D eigenvalue weighted by atomic mass is 32.2. The van der Waals surface area contributed by atoms with Crippen molar-refractivity contribution in [2.45, 2.75) is 58.4 Å². The molecule has 2 rings (SSSR count). The minimum Gasteiger partial charge on any atom is -0.326 e. The smallest absolute Gasteiger partial charge is 0.215 e. The van der Waals surface area contributed by atoms with E-state index >= 15 is 0 Å². The summed E-state index contributed by atoms with van der Waals surface area (Å²) in [4.78, 5) is 0. The summed E-state index contributed by atoms with van der Waals surface area (Å²) in [7, 11) is -3.19. The maximum absolute atomic E-state index is 12.6. The predicted octanol–water partition coefficient (Wildman–Crippen LogP) is 2.20. The van der Waals surface area contributed by atoms with Crippen LogP contribution in [0.5, 0.6) is 0 Å². The van der Waals surface area contributed by atoms with Gasteiger partial charge in [-0.1, -0.05) is 33.1 Å². The number of nitrogens with zero attached hydrogens (tertiary/aromatic N) is 1. The van der Waals surface area contributed by atoms with Crippen LogP contribution in [0, 0.1) is 17.8 Å². The van der Waals surface area contributed by atoms with Crippen molar-refractivity contribution in [1.82, 2.24) is 4.31 Å². The molecule has 20 heavy (non-hydrogen) atoms. The predicted molar refractivity (Wildman–Crippen MR) is 82.9 cm³/mol. The van der Waals surface area contributed by atoms with Crippen molar-refractivity contribution in [1.29, 1.82) is 0 Å². The summed E-state index contributed by atoms with van der Waals surface area (Å²) in [5, 5.41) is 0.